The summed E-state index contributed by atoms with van der Waals surface area (Å²) in [5.41, 5.74) is 0.151. The molecule has 1 aromatic carbocycles. The summed E-state index contributed by atoms with van der Waals surface area (Å²) in [5, 5.41) is 16.0. The van der Waals surface area contributed by atoms with Gasteiger partial charge in [-0.2, -0.15) is 28.5 Å². The van der Waals surface area contributed by atoms with E-state index in [1.807, 2.05) is 6.92 Å². The predicted octanol–water partition coefficient (Wildman–Crippen LogP) is 7.11. The minimum Gasteiger partial charge on any atom is -0.494 e. The number of pyridine rings is 2. The highest BCUT2D eigenvalue weighted by Crippen LogP contribution is 2.34. The highest BCUT2D eigenvalue weighted by atomic mass is 35.5. The lowest BCUT2D eigenvalue weighted by atomic mass is 10.2. The van der Waals surface area contributed by atoms with E-state index in [0.29, 0.717) is 29.8 Å². The standard InChI is InChI=1S/C20H16ClF3N6O/c1-2-31-16-7-5-15(6-8-16)27-28-18(13-4-3-9-25-11-13)29-30-19-17(21)10-14(12-26-19)20(22,23)24/h3-12,18H,2H2,1H3. The Balaban J connectivity index is 1.85. The van der Waals surface area contributed by atoms with Crippen molar-refractivity contribution < 1.29 is 17.9 Å². The van der Waals surface area contributed by atoms with Gasteiger partial charge in [-0.1, -0.05) is 17.7 Å². The lowest BCUT2D eigenvalue weighted by Crippen LogP contribution is -2.05. The summed E-state index contributed by atoms with van der Waals surface area (Å²) < 4.78 is 43.7. The lowest BCUT2D eigenvalue weighted by Gasteiger charge is -2.07. The van der Waals surface area contributed by atoms with Gasteiger partial charge in [0, 0.05) is 24.2 Å². The molecule has 1 atom stereocenters. The fourth-order valence-corrected chi connectivity index (χ4v) is 2.55. The van der Waals surface area contributed by atoms with E-state index in [-0.39, 0.29) is 10.8 Å². The highest BCUT2D eigenvalue weighted by Gasteiger charge is 2.31. The Morgan fingerprint density at radius 3 is 2.42 bits per heavy atom. The van der Waals surface area contributed by atoms with Gasteiger partial charge in [0.25, 0.3) is 0 Å². The smallest absolute Gasteiger partial charge is 0.417 e. The van der Waals surface area contributed by atoms with Crippen molar-refractivity contribution in [3.63, 3.8) is 0 Å². The van der Waals surface area contributed by atoms with Gasteiger partial charge in [0.05, 0.1) is 22.9 Å². The molecule has 0 aliphatic heterocycles. The van der Waals surface area contributed by atoms with Gasteiger partial charge in [-0.05, 0) is 43.3 Å². The van der Waals surface area contributed by atoms with Crippen molar-refractivity contribution in [3.05, 3.63) is 77.2 Å². The topological polar surface area (TPSA) is 84.5 Å². The minimum absolute atomic E-state index is 0.167. The molecule has 0 amide bonds. The molecule has 7 nitrogen and oxygen atoms in total. The van der Waals surface area contributed by atoms with Crippen LogP contribution in [0.3, 0.4) is 0 Å². The number of alkyl halides is 3. The third kappa shape index (κ3) is 6.29. The number of azo groups is 2. The van der Waals surface area contributed by atoms with Crippen molar-refractivity contribution in [2.24, 2.45) is 20.5 Å². The van der Waals surface area contributed by atoms with Crippen molar-refractivity contribution in [2.45, 2.75) is 19.3 Å². The Morgan fingerprint density at radius 2 is 1.81 bits per heavy atom. The molecule has 0 saturated heterocycles. The Labute approximate surface area is 180 Å². The van der Waals surface area contributed by atoms with Crippen LogP contribution in [0.2, 0.25) is 5.02 Å². The van der Waals surface area contributed by atoms with Crippen LogP contribution in [0.25, 0.3) is 0 Å². The van der Waals surface area contributed by atoms with Gasteiger partial charge in [-0.15, -0.1) is 5.11 Å². The molecule has 0 radical (unpaired) electrons. The molecule has 1 unspecified atom stereocenters. The summed E-state index contributed by atoms with van der Waals surface area (Å²) in [4.78, 5) is 7.66. The largest absolute Gasteiger partial charge is 0.494 e. The van der Waals surface area contributed by atoms with Crippen LogP contribution >= 0.6 is 11.6 Å². The fraction of sp³-hybridized carbons (Fsp3) is 0.200. The lowest BCUT2D eigenvalue weighted by molar-refractivity contribution is -0.137. The first-order valence-corrected chi connectivity index (χ1v) is 9.42. The van der Waals surface area contributed by atoms with Crippen LogP contribution in [-0.4, -0.2) is 16.6 Å². The number of benzene rings is 1. The summed E-state index contributed by atoms with van der Waals surface area (Å²) in [6.45, 7) is 2.43. The Bertz CT molecular complexity index is 1060. The first-order chi connectivity index (χ1) is 14.9. The highest BCUT2D eigenvalue weighted by molar-refractivity contribution is 6.32. The van der Waals surface area contributed by atoms with E-state index in [0.717, 1.165) is 6.07 Å². The maximum Gasteiger partial charge on any atom is 0.417 e. The number of ether oxygens (including phenoxy) is 1. The second-order valence-electron chi connectivity index (χ2n) is 6.05. The second kappa shape index (κ2) is 10.1. The van der Waals surface area contributed by atoms with Crippen molar-refractivity contribution in [3.8, 4) is 5.75 Å². The summed E-state index contributed by atoms with van der Waals surface area (Å²) in [5.74, 6) is 0.535. The van der Waals surface area contributed by atoms with Crippen LogP contribution in [0.4, 0.5) is 24.7 Å². The molecule has 3 aromatic rings. The SMILES string of the molecule is CCOc1ccc(N=NC(N=Nc2ncc(C(F)(F)F)cc2Cl)c2cccnc2)cc1. The van der Waals surface area contributed by atoms with E-state index in [9.17, 15) is 13.2 Å². The van der Waals surface area contributed by atoms with Crippen LogP contribution in [0.15, 0.2) is 81.5 Å². The van der Waals surface area contributed by atoms with Gasteiger partial charge in [0.15, 0.2) is 5.82 Å². The summed E-state index contributed by atoms with van der Waals surface area (Å²) in [6.07, 6.45) is -1.71. The van der Waals surface area contributed by atoms with E-state index < -0.39 is 17.9 Å². The molecule has 11 heteroatoms. The molecular weight excluding hydrogens is 433 g/mol. The van der Waals surface area contributed by atoms with Gasteiger partial charge >= 0.3 is 6.18 Å². The molecule has 0 saturated carbocycles. The van der Waals surface area contributed by atoms with Crippen molar-refractivity contribution in [1.82, 2.24) is 9.97 Å². The molecule has 2 heterocycles. The van der Waals surface area contributed by atoms with Crippen molar-refractivity contribution >= 4 is 23.1 Å². The van der Waals surface area contributed by atoms with Crippen LogP contribution in [0.5, 0.6) is 5.75 Å². The molecule has 3 rings (SSSR count). The summed E-state index contributed by atoms with van der Waals surface area (Å²) in [7, 11) is 0. The molecule has 0 fully saturated rings. The van der Waals surface area contributed by atoms with Gasteiger partial charge in [-0.25, -0.2) is 4.98 Å². The number of aromatic nitrogens is 2. The molecular formula is C20H16ClF3N6O. The van der Waals surface area contributed by atoms with Crippen LogP contribution in [0.1, 0.15) is 24.2 Å². The van der Waals surface area contributed by atoms with E-state index in [1.165, 1.54) is 6.20 Å². The van der Waals surface area contributed by atoms with Gasteiger partial charge in [0.1, 0.15) is 5.75 Å². The summed E-state index contributed by atoms with van der Waals surface area (Å²) in [6, 6.07) is 11.1. The van der Waals surface area contributed by atoms with E-state index in [4.69, 9.17) is 16.3 Å². The van der Waals surface area contributed by atoms with E-state index in [1.54, 1.807) is 42.6 Å². The van der Waals surface area contributed by atoms with Crippen molar-refractivity contribution in [2.75, 3.05) is 6.61 Å². The van der Waals surface area contributed by atoms with Gasteiger partial charge < -0.3 is 4.74 Å². The normalized spacial score (nSPS) is 13.1. The third-order valence-corrected chi connectivity index (χ3v) is 4.10. The molecule has 0 spiro atoms. The predicted molar refractivity (Wildman–Crippen MR) is 108 cm³/mol. The molecule has 0 N–H and O–H groups in total. The molecule has 2 aromatic heterocycles. The number of rotatable bonds is 7. The Hall–Kier alpha value is -3.40. The maximum atomic E-state index is 12.8. The molecule has 0 bridgehead atoms. The zero-order chi connectivity index (χ0) is 22.3. The third-order valence-electron chi connectivity index (χ3n) is 3.82. The number of hydrogen-bond donors (Lipinski definition) is 0. The van der Waals surface area contributed by atoms with E-state index >= 15 is 0 Å². The fourth-order valence-electron chi connectivity index (χ4n) is 2.35. The zero-order valence-electron chi connectivity index (χ0n) is 16.2. The van der Waals surface area contributed by atoms with E-state index in [2.05, 4.69) is 30.4 Å². The van der Waals surface area contributed by atoms with Crippen LogP contribution in [0, 0.1) is 0 Å². The average Bonchev–Trinajstić information content (AvgIpc) is 2.76. The number of hydrogen-bond acceptors (Lipinski definition) is 7. The molecule has 31 heavy (non-hydrogen) atoms. The quantitative estimate of drug-likeness (QED) is 0.361. The van der Waals surface area contributed by atoms with Crippen molar-refractivity contribution in [1.29, 1.82) is 0 Å². The number of nitrogens with zero attached hydrogens (tertiary/aromatic N) is 6. The molecule has 0 aliphatic carbocycles. The molecule has 160 valence electrons. The molecule has 0 aliphatic rings. The first kappa shape index (κ1) is 22.3. The number of halogens is 4. The Kier molecular flexibility index (Phi) is 7.24. The first-order valence-electron chi connectivity index (χ1n) is 9.04. The van der Waals surface area contributed by atoms with Gasteiger partial charge in [-0.3, -0.25) is 4.98 Å². The average molecular weight is 449 g/mol. The maximum absolute atomic E-state index is 12.8. The van der Waals surface area contributed by atoms with Crippen LogP contribution in [-0.2, 0) is 6.18 Å². The zero-order valence-corrected chi connectivity index (χ0v) is 16.9. The Morgan fingerprint density at radius 1 is 1.06 bits per heavy atom. The second-order valence-corrected chi connectivity index (χ2v) is 6.45. The summed E-state index contributed by atoms with van der Waals surface area (Å²) >= 11 is 5.88. The monoisotopic (exact) mass is 448 g/mol. The van der Waals surface area contributed by atoms with Crippen LogP contribution < -0.4 is 4.74 Å². The van der Waals surface area contributed by atoms with Gasteiger partial charge in [0.2, 0.25) is 6.17 Å². The minimum atomic E-state index is -4.56.